The van der Waals surface area contributed by atoms with Crippen LogP contribution in [0.1, 0.15) is 57.6 Å². The summed E-state index contributed by atoms with van der Waals surface area (Å²) in [5.41, 5.74) is 1.36. The highest BCUT2D eigenvalue weighted by atomic mass is 16.5. The predicted octanol–water partition coefficient (Wildman–Crippen LogP) is 4.32. The van der Waals surface area contributed by atoms with Gasteiger partial charge in [0.2, 0.25) is 0 Å². The highest BCUT2D eigenvalue weighted by Gasteiger charge is 2.08. The van der Waals surface area contributed by atoms with Crippen LogP contribution in [0.2, 0.25) is 0 Å². The van der Waals surface area contributed by atoms with Gasteiger partial charge in [-0.15, -0.1) is 0 Å². The van der Waals surface area contributed by atoms with Gasteiger partial charge in [0.05, 0.1) is 6.61 Å². The van der Waals surface area contributed by atoms with Crippen molar-refractivity contribution in [2.24, 2.45) is 0 Å². The van der Waals surface area contributed by atoms with Crippen molar-refractivity contribution in [1.29, 1.82) is 0 Å². The van der Waals surface area contributed by atoms with Gasteiger partial charge in [0.15, 0.2) is 0 Å². The average molecular weight is 249 g/mol. The monoisotopic (exact) mass is 249 g/mol. The summed E-state index contributed by atoms with van der Waals surface area (Å²) < 4.78 is 5.47. The Labute approximate surface area is 112 Å². The van der Waals surface area contributed by atoms with Crippen LogP contribution in [0.4, 0.5) is 0 Å². The van der Waals surface area contributed by atoms with E-state index in [9.17, 15) is 0 Å². The molecule has 0 bridgehead atoms. The normalized spacial score (nSPS) is 12.4. The number of hydrogen-bond acceptors (Lipinski definition) is 2. The second-order valence-corrected chi connectivity index (χ2v) is 4.69. The molecule has 0 spiro atoms. The fourth-order valence-electron chi connectivity index (χ4n) is 2.22. The summed E-state index contributed by atoms with van der Waals surface area (Å²) in [6, 6.07) is 8.94. The minimum absolute atomic E-state index is 0.470. The molecule has 0 heterocycles. The molecule has 0 saturated carbocycles. The first-order chi connectivity index (χ1) is 8.81. The lowest BCUT2D eigenvalue weighted by Crippen LogP contribution is -2.16. The average Bonchev–Trinajstić information content (AvgIpc) is 2.41. The Kier molecular flexibility index (Phi) is 7.51. The molecular formula is C16H27NO. The van der Waals surface area contributed by atoms with Crippen molar-refractivity contribution in [2.45, 2.75) is 52.0 Å². The fraction of sp³-hybridized carbons (Fsp3) is 0.625. The second kappa shape index (κ2) is 8.98. The van der Waals surface area contributed by atoms with Gasteiger partial charge < -0.3 is 10.1 Å². The molecule has 1 aromatic carbocycles. The van der Waals surface area contributed by atoms with Gasteiger partial charge in [-0.1, -0.05) is 44.7 Å². The zero-order valence-corrected chi connectivity index (χ0v) is 12.0. The number of benzene rings is 1. The molecule has 1 N–H and O–H groups in total. The molecule has 0 radical (unpaired) electrons. The SMILES string of the molecule is CCCCCCC(NC)c1ccc(OCC)cc1. The van der Waals surface area contributed by atoms with Gasteiger partial charge >= 0.3 is 0 Å². The molecule has 1 aromatic rings. The Morgan fingerprint density at radius 2 is 1.78 bits per heavy atom. The summed E-state index contributed by atoms with van der Waals surface area (Å²) in [5, 5.41) is 3.41. The molecule has 18 heavy (non-hydrogen) atoms. The summed E-state index contributed by atoms with van der Waals surface area (Å²) in [4.78, 5) is 0. The third kappa shape index (κ3) is 5.09. The number of hydrogen-bond donors (Lipinski definition) is 1. The van der Waals surface area contributed by atoms with Crippen molar-refractivity contribution in [3.8, 4) is 5.75 Å². The zero-order chi connectivity index (χ0) is 13.2. The number of unbranched alkanes of at least 4 members (excludes halogenated alkanes) is 3. The molecule has 2 nitrogen and oxygen atoms in total. The summed E-state index contributed by atoms with van der Waals surface area (Å²) in [7, 11) is 2.04. The van der Waals surface area contributed by atoms with Gasteiger partial charge in [0.25, 0.3) is 0 Å². The maximum absolute atomic E-state index is 5.47. The molecule has 2 heteroatoms. The van der Waals surface area contributed by atoms with Crippen LogP contribution in [0, 0.1) is 0 Å². The molecule has 1 rings (SSSR count). The van der Waals surface area contributed by atoms with E-state index in [1.54, 1.807) is 0 Å². The Hall–Kier alpha value is -1.02. The molecule has 0 aliphatic carbocycles. The van der Waals surface area contributed by atoms with E-state index in [-0.39, 0.29) is 0 Å². The summed E-state index contributed by atoms with van der Waals surface area (Å²) in [5.74, 6) is 0.960. The van der Waals surface area contributed by atoms with Crippen LogP contribution < -0.4 is 10.1 Å². The first-order valence-corrected chi connectivity index (χ1v) is 7.21. The smallest absolute Gasteiger partial charge is 0.119 e. The van der Waals surface area contributed by atoms with Crippen LogP contribution in [0.15, 0.2) is 24.3 Å². The van der Waals surface area contributed by atoms with Crippen molar-refractivity contribution in [3.63, 3.8) is 0 Å². The van der Waals surface area contributed by atoms with Crippen molar-refractivity contribution >= 4 is 0 Å². The van der Waals surface area contributed by atoms with Crippen molar-refractivity contribution in [1.82, 2.24) is 5.32 Å². The van der Waals surface area contributed by atoms with E-state index in [0.717, 1.165) is 12.4 Å². The number of nitrogens with one attached hydrogen (secondary N) is 1. The lowest BCUT2D eigenvalue weighted by atomic mass is 10.00. The third-order valence-electron chi connectivity index (χ3n) is 3.29. The van der Waals surface area contributed by atoms with E-state index in [0.29, 0.717) is 6.04 Å². The van der Waals surface area contributed by atoms with Gasteiger partial charge in [-0.25, -0.2) is 0 Å². The number of ether oxygens (including phenoxy) is 1. The Morgan fingerprint density at radius 3 is 2.33 bits per heavy atom. The van der Waals surface area contributed by atoms with Crippen LogP contribution in [0.25, 0.3) is 0 Å². The van der Waals surface area contributed by atoms with E-state index in [1.807, 2.05) is 14.0 Å². The van der Waals surface area contributed by atoms with Crippen LogP contribution in [0.3, 0.4) is 0 Å². The Morgan fingerprint density at radius 1 is 1.06 bits per heavy atom. The van der Waals surface area contributed by atoms with E-state index in [2.05, 4.69) is 36.5 Å². The Balaban J connectivity index is 2.48. The minimum atomic E-state index is 0.470. The first kappa shape index (κ1) is 15.0. The lowest BCUT2D eigenvalue weighted by molar-refractivity contribution is 0.340. The van der Waals surface area contributed by atoms with Gasteiger partial charge in [0, 0.05) is 6.04 Å². The van der Waals surface area contributed by atoms with Crippen LogP contribution in [0.5, 0.6) is 5.75 Å². The fourth-order valence-corrected chi connectivity index (χ4v) is 2.22. The maximum Gasteiger partial charge on any atom is 0.119 e. The van der Waals surface area contributed by atoms with Crippen molar-refractivity contribution in [2.75, 3.05) is 13.7 Å². The minimum Gasteiger partial charge on any atom is -0.494 e. The largest absolute Gasteiger partial charge is 0.494 e. The lowest BCUT2D eigenvalue weighted by Gasteiger charge is -2.17. The number of rotatable bonds is 9. The van der Waals surface area contributed by atoms with Crippen LogP contribution >= 0.6 is 0 Å². The quantitative estimate of drug-likeness (QED) is 0.658. The molecule has 0 fully saturated rings. The molecule has 0 aromatic heterocycles. The van der Waals surface area contributed by atoms with Crippen LogP contribution in [-0.2, 0) is 0 Å². The molecule has 0 saturated heterocycles. The van der Waals surface area contributed by atoms with Crippen molar-refractivity contribution < 1.29 is 4.74 Å². The molecule has 1 atom stereocenters. The molecular weight excluding hydrogens is 222 g/mol. The topological polar surface area (TPSA) is 21.3 Å². The van der Waals surface area contributed by atoms with Crippen LogP contribution in [-0.4, -0.2) is 13.7 Å². The Bertz CT molecular complexity index is 307. The first-order valence-electron chi connectivity index (χ1n) is 7.21. The molecule has 102 valence electrons. The van der Waals surface area contributed by atoms with Gasteiger partial charge in [-0.2, -0.15) is 0 Å². The van der Waals surface area contributed by atoms with E-state index in [4.69, 9.17) is 4.74 Å². The highest BCUT2D eigenvalue weighted by Crippen LogP contribution is 2.22. The van der Waals surface area contributed by atoms with E-state index >= 15 is 0 Å². The zero-order valence-electron chi connectivity index (χ0n) is 12.0. The standard InChI is InChI=1S/C16H27NO/c1-4-6-7-8-9-16(17-3)14-10-12-15(13-11-14)18-5-2/h10-13,16-17H,4-9H2,1-3H3. The van der Waals surface area contributed by atoms with E-state index < -0.39 is 0 Å². The molecule has 0 aliphatic rings. The summed E-state index contributed by atoms with van der Waals surface area (Å²) in [6.45, 7) is 4.99. The van der Waals surface area contributed by atoms with Gasteiger partial charge in [0.1, 0.15) is 5.75 Å². The summed E-state index contributed by atoms with van der Waals surface area (Å²) in [6.07, 6.45) is 6.50. The summed E-state index contributed by atoms with van der Waals surface area (Å²) >= 11 is 0. The molecule has 0 aliphatic heterocycles. The second-order valence-electron chi connectivity index (χ2n) is 4.69. The van der Waals surface area contributed by atoms with Gasteiger partial charge in [-0.3, -0.25) is 0 Å². The van der Waals surface area contributed by atoms with Crippen molar-refractivity contribution in [3.05, 3.63) is 29.8 Å². The molecule has 0 amide bonds. The highest BCUT2D eigenvalue weighted by molar-refractivity contribution is 5.29. The van der Waals surface area contributed by atoms with Gasteiger partial charge in [-0.05, 0) is 38.1 Å². The third-order valence-corrected chi connectivity index (χ3v) is 3.29. The maximum atomic E-state index is 5.47. The predicted molar refractivity (Wildman–Crippen MR) is 78.2 cm³/mol. The van der Waals surface area contributed by atoms with E-state index in [1.165, 1.54) is 37.7 Å². The molecule has 1 unspecified atom stereocenters.